The predicted octanol–water partition coefficient (Wildman–Crippen LogP) is 2.34. The maximum atomic E-state index is 12.3. The summed E-state index contributed by atoms with van der Waals surface area (Å²) in [5.41, 5.74) is 1.06. The molecular formula is C13H22N2O2S3. The number of rotatable bonds is 8. The lowest BCUT2D eigenvalue weighted by Gasteiger charge is -2.11. The van der Waals surface area contributed by atoms with Gasteiger partial charge in [-0.3, -0.25) is 0 Å². The Morgan fingerprint density at radius 1 is 1.50 bits per heavy atom. The molecule has 7 heteroatoms. The third-order valence-electron chi connectivity index (χ3n) is 3.16. The maximum Gasteiger partial charge on any atom is 0.250 e. The lowest BCUT2D eigenvalue weighted by Crippen LogP contribution is -2.33. The monoisotopic (exact) mass is 334 g/mol. The van der Waals surface area contributed by atoms with Crippen molar-refractivity contribution in [2.45, 2.75) is 49.5 Å². The number of nitrogens with one attached hydrogen (secondary N) is 2. The van der Waals surface area contributed by atoms with E-state index in [1.807, 2.05) is 20.1 Å². The summed E-state index contributed by atoms with van der Waals surface area (Å²) in [7, 11) is -3.38. The lowest BCUT2D eigenvalue weighted by atomic mass is 10.3. The van der Waals surface area contributed by atoms with Crippen LogP contribution in [-0.2, 0) is 16.6 Å². The Kier molecular flexibility index (Phi) is 5.53. The number of aryl methyl sites for hydroxylation is 1. The normalized spacial score (nSPS) is 17.4. The Morgan fingerprint density at radius 3 is 2.80 bits per heavy atom. The average Bonchev–Trinajstić information content (AvgIpc) is 3.09. The highest BCUT2D eigenvalue weighted by atomic mass is 32.2. The van der Waals surface area contributed by atoms with Crippen LogP contribution in [0.15, 0.2) is 10.3 Å². The molecule has 1 aromatic heterocycles. The Morgan fingerprint density at radius 2 is 2.20 bits per heavy atom. The Labute approximate surface area is 129 Å². The fraction of sp³-hybridized carbons (Fsp3) is 0.692. The van der Waals surface area contributed by atoms with Crippen LogP contribution in [0.2, 0.25) is 0 Å². The van der Waals surface area contributed by atoms with Crippen LogP contribution >= 0.6 is 23.1 Å². The van der Waals surface area contributed by atoms with E-state index in [1.165, 1.54) is 24.2 Å². The van der Waals surface area contributed by atoms with Gasteiger partial charge in [0.05, 0.1) is 0 Å². The van der Waals surface area contributed by atoms with Crippen LogP contribution in [0.3, 0.4) is 0 Å². The summed E-state index contributed by atoms with van der Waals surface area (Å²) in [5, 5.41) is 3.43. The molecule has 1 fully saturated rings. The molecule has 0 radical (unpaired) electrons. The standard InChI is InChI=1S/C13H22N2O2S3/c1-9-6-13(19-12(9)7-14-11-4-5-11)20(16,17)15-10(2)8-18-3/h6,10-11,14-15H,4-5,7-8H2,1-3H3. The highest BCUT2D eigenvalue weighted by Gasteiger charge is 2.23. The van der Waals surface area contributed by atoms with Gasteiger partial charge in [-0.05, 0) is 44.6 Å². The van der Waals surface area contributed by atoms with Gasteiger partial charge in [-0.2, -0.15) is 11.8 Å². The summed E-state index contributed by atoms with van der Waals surface area (Å²) >= 11 is 3.02. The molecule has 0 amide bonds. The summed E-state index contributed by atoms with van der Waals surface area (Å²) in [6, 6.07) is 2.37. The van der Waals surface area contributed by atoms with Crippen molar-refractivity contribution in [3.05, 3.63) is 16.5 Å². The number of thioether (sulfide) groups is 1. The molecule has 4 nitrogen and oxygen atoms in total. The minimum Gasteiger partial charge on any atom is -0.309 e. The molecule has 1 saturated carbocycles. The van der Waals surface area contributed by atoms with Gasteiger partial charge in [-0.1, -0.05) is 0 Å². The second-order valence-corrected chi connectivity index (χ2v) is 9.29. The molecule has 1 unspecified atom stereocenters. The van der Waals surface area contributed by atoms with Crippen LogP contribution in [0, 0.1) is 6.92 Å². The van der Waals surface area contributed by atoms with Gasteiger partial charge in [0.25, 0.3) is 0 Å². The fourth-order valence-electron chi connectivity index (χ4n) is 1.93. The lowest BCUT2D eigenvalue weighted by molar-refractivity contribution is 0.573. The second-order valence-electron chi connectivity index (χ2n) is 5.30. The van der Waals surface area contributed by atoms with Gasteiger partial charge in [0.15, 0.2) is 0 Å². The Balaban J connectivity index is 2.04. The smallest absolute Gasteiger partial charge is 0.250 e. The number of hydrogen-bond donors (Lipinski definition) is 2. The molecule has 1 aliphatic rings. The molecule has 0 spiro atoms. The number of hydrogen-bond acceptors (Lipinski definition) is 5. The van der Waals surface area contributed by atoms with E-state index in [9.17, 15) is 8.42 Å². The van der Waals surface area contributed by atoms with E-state index in [-0.39, 0.29) is 6.04 Å². The van der Waals surface area contributed by atoms with Gasteiger partial charge in [0.1, 0.15) is 4.21 Å². The maximum absolute atomic E-state index is 12.3. The third kappa shape index (κ3) is 4.46. The topological polar surface area (TPSA) is 58.2 Å². The second kappa shape index (κ2) is 6.79. The van der Waals surface area contributed by atoms with E-state index >= 15 is 0 Å². The summed E-state index contributed by atoms with van der Waals surface area (Å²) in [5.74, 6) is 0.777. The van der Waals surface area contributed by atoms with Crippen molar-refractivity contribution in [2.24, 2.45) is 0 Å². The van der Waals surface area contributed by atoms with Crippen LogP contribution in [0.5, 0.6) is 0 Å². The zero-order valence-electron chi connectivity index (χ0n) is 12.1. The van der Waals surface area contributed by atoms with Crippen molar-refractivity contribution in [3.63, 3.8) is 0 Å². The molecule has 1 aromatic rings. The van der Waals surface area contributed by atoms with E-state index < -0.39 is 10.0 Å². The van der Waals surface area contributed by atoms with Gasteiger partial charge >= 0.3 is 0 Å². The molecule has 0 saturated heterocycles. The molecule has 114 valence electrons. The molecule has 2 rings (SSSR count). The first-order chi connectivity index (χ1) is 9.42. The highest BCUT2D eigenvalue weighted by molar-refractivity contribution is 7.98. The van der Waals surface area contributed by atoms with Gasteiger partial charge < -0.3 is 5.32 Å². The molecule has 1 heterocycles. The minimum atomic E-state index is -3.38. The molecule has 0 aromatic carbocycles. The van der Waals surface area contributed by atoms with Crippen molar-refractivity contribution in [3.8, 4) is 0 Å². The van der Waals surface area contributed by atoms with Crippen molar-refractivity contribution in [2.75, 3.05) is 12.0 Å². The molecule has 0 bridgehead atoms. The van der Waals surface area contributed by atoms with Crippen LogP contribution in [0.4, 0.5) is 0 Å². The summed E-state index contributed by atoms with van der Waals surface area (Å²) in [6.07, 6.45) is 4.45. The molecule has 1 atom stereocenters. The minimum absolute atomic E-state index is 0.0505. The fourth-order valence-corrected chi connectivity index (χ4v) is 5.42. The van der Waals surface area contributed by atoms with E-state index in [0.29, 0.717) is 10.3 Å². The van der Waals surface area contributed by atoms with Crippen molar-refractivity contribution >= 4 is 33.1 Å². The van der Waals surface area contributed by atoms with Gasteiger partial charge in [-0.25, -0.2) is 13.1 Å². The Bertz CT molecular complexity index is 550. The molecule has 0 aliphatic heterocycles. The van der Waals surface area contributed by atoms with Gasteiger partial charge in [0, 0.05) is 29.3 Å². The van der Waals surface area contributed by atoms with E-state index in [1.54, 1.807) is 17.8 Å². The third-order valence-corrected chi connectivity index (χ3v) is 7.30. The van der Waals surface area contributed by atoms with Crippen molar-refractivity contribution < 1.29 is 8.42 Å². The number of thiophene rings is 1. The predicted molar refractivity (Wildman–Crippen MR) is 87.1 cm³/mol. The molecule has 1 aliphatic carbocycles. The van der Waals surface area contributed by atoms with E-state index in [2.05, 4.69) is 10.0 Å². The largest absolute Gasteiger partial charge is 0.309 e. The van der Waals surface area contributed by atoms with E-state index in [0.717, 1.165) is 22.7 Å². The molecular weight excluding hydrogens is 312 g/mol. The number of sulfonamides is 1. The summed E-state index contributed by atoms with van der Waals surface area (Å²) in [4.78, 5) is 1.12. The van der Waals surface area contributed by atoms with Crippen LogP contribution in [-0.4, -0.2) is 32.5 Å². The van der Waals surface area contributed by atoms with Crippen LogP contribution in [0.25, 0.3) is 0 Å². The quantitative estimate of drug-likeness (QED) is 0.766. The Hall–Kier alpha value is -0.0800. The summed E-state index contributed by atoms with van der Waals surface area (Å²) in [6.45, 7) is 4.64. The van der Waals surface area contributed by atoms with Gasteiger partial charge in [-0.15, -0.1) is 11.3 Å². The van der Waals surface area contributed by atoms with Gasteiger partial charge in [0.2, 0.25) is 10.0 Å². The van der Waals surface area contributed by atoms with Crippen molar-refractivity contribution in [1.29, 1.82) is 0 Å². The van der Waals surface area contributed by atoms with Crippen LogP contribution in [0.1, 0.15) is 30.2 Å². The first-order valence-electron chi connectivity index (χ1n) is 6.76. The average molecular weight is 335 g/mol. The molecule has 20 heavy (non-hydrogen) atoms. The first kappa shape index (κ1) is 16.3. The SMILES string of the molecule is CSCC(C)NS(=O)(=O)c1cc(C)c(CNC2CC2)s1. The molecule has 2 N–H and O–H groups in total. The summed E-state index contributed by atoms with van der Waals surface area (Å²) < 4.78 is 27.8. The van der Waals surface area contributed by atoms with Crippen LogP contribution < -0.4 is 10.0 Å². The zero-order valence-corrected chi connectivity index (χ0v) is 14.6. The first-order valence-corrected chi connectivity index (χ1v) is 10.5. The zero-order chi connectivity index (χ0) is 14.8. The highest BCUT2D eigenvalue weighted by Crippen LogP contribution is 2.27. The van der Waals surface area contributed by atoms with Crippen molar-refractivity contribution in [1.82, 2.24) is 10.0 Å². The van der Waals surface area contributed by atoms with E-state index in [4.69, 9.17) is 0 Å².